The van der Waals surface area contributed by atoms with Gasteiger partial charge < -0.3 is 10.4 Å². The fraction of sp³-hybridized carbons (Fsp3) is 0.0714. The van der Waals surface area contributed by atoms with Crippen LogP contribution < -0.4 is 5.32 Å². The molecule has 7 heteroatoms. The first-order valence-corrected chi connectivity index (χ1v) is 5.74. The highest BCUT2D eigenvalue weighted by molar-refractivity contribution is 6.04. The van der Waals surface area contributed by atoms with E-state index in [1.54, 1.807) is 0 Å². The third kappa shape index (κ3) is 3.50. The molecule has 0 radical (unpaired) electrons. The van der Waals surface area contributed by atoms with Crippen molar-refractivity contribution in [3.05, 3.63) is 59.4 Å². The fourth-order valence-corrected chi connectivity index (χ4v) is 1.63. The molecule has 0 aliphatic heterocycles. The van der Waals surface area contributed by atoms with Crippen LogP contribution in [0.1, 0.15) is 15.9 Å². The normalized spacial score (nSPS) is 11.2. The van der Waals surface area contributed by atoms with E-state index >= 15 is 0 Å². The molecule has 2 aromatic rings. The Morgan fingerprint density at radius 2 is 1.67 bits per heavy atom. The highest BCUT2D eigenvalue weighted by atomic mass is 19.4. The van der Waals surface area contributed by atoms with Gasteiger partial charge in [-0.05, 0) is 42.5 Å². The number of benzene rings is 2. The zero-order valence-electron chi connectivity index (χ0n) is 10.4. The largest absolute Gasteiger partial charge is 0.508 e. The van der Waals surface area contributed by atoms with Gasteiger partial charge in [0.25, 0.3) is 5.91 Å². The van der Waals surface area contributed by atoms with Gasteiger partial charge >= 0.3 is 6.18 Å². The molecule has 0 unspecified atom stereocenters. The van der Waals surface area contributed by atoms with Gasteiger partial charge in [-0.25, -0.2) is 4.39 Å². The summed E-state index contributed by atoms with van der Waals surface area (Å²) in [7, 11) is 0. The number of nitrogens with one attached hydrogen (secondary N) is 1. The number of phenolic OH excluding ortho intramolecular Hbond substituents is 1. The Hall–Kier alpha value is -2.57. The first kappa shape index (κ1) is 14.8. The lowest BCUT2D eigenvalue weighted by Crippen LogP contribution is -2.15. The molecule has 2 rings (SSSR count). The van der Waals surface area contributed by atoms with Crippen molar-refractivity contribution in [1.29, 1.82) is 0 Å². The zero-order chi connectivity index (χ0) is 15.6. The van der Waals surface area contributed by atoms with Crippen molar-refractivity contribution >= 4 is 11.6 Å². The molecule has 2 N–H and O–H groups in total. The SMILES string of the molecule is O=C(Nc1ccc(O)cc1)c1ccc(F)c(C(F)(F)F)c1. The predicted octanol–water partition coefficient (Wildman–Crippen LogP) is 3.80. The number of hydrogen-bond acceptors (Lipinski definition) is 2. The molecule has 2 aromatic carbocycles. The van der Waals surface area contributed by atoms with Crippen LogP contribution in [0.15, 0.2) is 42.5 Å². The Balaban J connectivity index is 2.25. The van der Waals surface area contributed by atoms with Gasteiger partial charge in [0, 0.05) is 11.3 Å². The number of amides is 1. The van der Waals surface area contributed by atoms with E-state index in [0.717, 1.165) is 6.07 Å². The molecule has 3 nitrogen and oxygen atoms in total. The molecule has 0 saturated carbocycles. The van der Waals surface area contributed by atoms with Crippen LogP contribution >= 0.6 is 0 Å². The molecular formula is C14H9F4NO2. The van der Waals surface area contributed by atoms with Gasteiger partial charge in [-0.3, -0.25) is 4.79 Å². The lowest BCUT2D eigenvalue weighted by Gasteiger charge is -2.10. The maximum Gasteiger partial charge on any atom is 0.419 e. The Morgan fingerprint density at radius 3 is 2.24 bits per heavy atom. The van der Waals surface area contributed by atoms with E-state index in [1.165, 1.54) is 24.3 Å². The van der Waals surface area contributed by atoms with Crippen molar-refractivity contribution in [2.75, 3.05) is 5.32 Å². The van der Waals surface area contributed by atoms with Gasteiger partial charge in [-0.1, -0.05) is 0 Å². The van der Waals surface area contributed by atoms with Gasteiger partial charge in [0.1, 0.15) is 11.6 Å². The number of carbonyl (C=O) groups excluding carboxylic acids is 1. The number of halogens is 4. The molecule has 0 saturated heterocycles. The van der Waals surface area contributed by atoms with Crippen LogP contribution in [0.4, 0.5) is 23.2 Å². The molecule has 0 heterocycles. The minimum absolute atomic E-state index is 0.0193. The predicted molar refractivity (Wildman–Crippen MR) is 67.5 cm³/mol. The van der Waals surface area contributed by atoms with Crippen LogP contribution in [0, 0.1) is 5.82 Å². The first-order chi connectivity index (χ1) is 9.77. The Labute approximate surface area is 116 Å². The summed E-state index contributed by atoms with van der Waals surface area (Å²) >= 11 is 0. The summed E-state index contributed by atoms with van der Waals surface area (Å²) in [5.74, 6) is -2.27. The van der Waals surface area contributed by atoms with Gasteiger partial charge in [0.2, 0.25) is 0 Å². The molecule has 0 aliphatic carbocycles. The van der Waals surface area contributed by atoms with Gasteiger partial charge in [-0.2, -0.15) is 13.2 Å². The first-order valence-electron chi connectivity index (χ1n) is 5.74. The smallest absolute Gasteiger partial charge is 0.419 e. The number of anilines is 1. The van der Waals surface area contributed by atoms with E-state index < -0.39 is 23.5 Å². The van der Waals surface area contributed by atoms with Crippen molar-refractivity contribution in [1.82, 2.24) is 0 Å². The molecule has 110 valence electrons. The zero-order valence-corrected chi connectivity index (χ0v) is 10.4. The quantitative estimate of drug-likeness (QED) is 0.654. The van der Waals surface area contributed by atoms with Gasteiger partial charge in [0.05, 0.1) is 5.56 Å². The van der Waals surface area contributed by atoms with Crippen LogP contribution in [-0.2, 0) is 6.18 Å². The third-order valence-electron chi connectivity index (χ3n) is 2.66. The van der Waals surface area contributed by atoms with Crippen molar-refractivity contribution in [3.63, 3.8) is 0 Å². The van der Waals surface area contributed by atoms with Crippen LogP contribution in [0.25, 0.3) is 0 Å². The minimum atomic E-state index is -4.88. The number of alkyl halides is 3. The number of carbonyl (C=O) groups is 1. The molecule has 0 aromatic heterocycles. The van der Waals surface area contributed by atoms with Crippen LogP contribution in [0.3, 0.4) is 0 Å². The molecule has 21 heavy (non-hydrogen) atoms. The molecule has 0 fully saturated rings. The second-order valence-electron chi connectivity index (χ2n) is 4.19. The fourth-order valence-electron chi connectivity index (χ4n) is 1.63. The lowest BCUT2D eigenvalue weighted by molar-refractivity contribution is -0.140. The summed E-state index contributed by atoms with van der Waals surface area (Å²) in [6.45, 7) is 0. The highest BCUT2D eigenvalue weighted by Gasteiger charge is 2.34. The maximum absolute atomic E-state index is 13.1. The molecule has 0 atom stereocenters. The summed E-state index contributed by atoms with van der Waals surface area (Å²) < 4.78 is 50.8. The van der Waals surface area contributed by atoms with Crippen molar-refractivity contribution in [3.8, 4) is 5.75 Å². The third-order valence-corrected chi connectivity index (χ3v) is 2.66. The van der Waals surface area contributed by atoms with Crippen LogP contribution in [0.2, 0.25) is 0 Å². The van der Waals surface area contributed by atoms with Gasteiger partial charge in [-0.15, -0.1) is 0 Å². The van der Waals surface area contributed by atoms with Crippen LogP contribution in [0.5, 0.6) is 5.75 Å². The summed E-state index contributed by atoms with van der Waals surface area (Å²) in [5.41, 5.74) is -1.53. The summed E-state index contributed by atoms with van der Waals surface area (Å²) in [4.78, 5) is 11.8. The second-order valence-corrected chi connectivity index (χ2v) is 4.19. The van der Waals surface area contributed by atoms with E-state index in [-0.39, 0.29) is 17.0 Å². The van der Waals surface area contributed by atoms with Crippen molar-refractivity contribution in [2.24, 2.45) is 0 Å². The standard InChI is InChI=1S/C14H9F4NO2/c15-12-6-1-8(7-11(12)14(16,17)18)13(21)19-9-2-4-10(20)5-3-9/h1-7,20H,(H,19,21). The van der Waals surface area contributed by atoms with E-state index in [4.69, 9.17) is 5.11 Å². The van der Waals surface area contributed by atoms with E-state index in [9.17, 15) is 22.4 Å². The Morgan fingerprint density at radius 1 is 1.05 bits per heavy atom. The maximum atomic E-state index is 13.1. The highest BCUT2D eigenvalue weighted by Crippen LogP contribution is 2.32. The Bertz CT molecular complexity index is 666. The van der Waals surface area contributed by atoms with Crippen molar-refractivity contribution < 1.29 is 27.5 Å². The minimum Gasteiger partial charge on any atom is -0.508 e. The molecule has 1 amide bonds. The molecule has 0 spiro atoms. The average molecular weight is 299 g/mol. The molecule has 0 bridgehead atoms. The molecule has 0 aliphatic rings. The second kappa shape index (κ2) is 5.43. The van der Waals surface area contributed by atoms with Crippen LogP contribution in [-0.4, -0.2) is 11.0 Å². The van der Waals surface area contributed by atoms with E-state index in [2.05, 4.69) is 5.32 Å². The average Bonchev–Trinajstić information content (AvgIpc) is 2.40. The number of aromatic hydroxyl groups is 1. The number of hydrogen-bond donors (Lipinski definition) is 2. The van der Waals surface area contributed by atoms with Crippen molar-refractivity contribution in [2.45, 2.75) is 6.18 Å². The Kier molecular flexibility index (Phi) is 3.84. The summed E-state index contributed by atoms with van der Waals surface area (Å²) in [5, 5.41) is 11.4. The number of rotatable bonds is 2. The van der Waals surface area contributed by atoms with E-state index in [1.807, 2.05) is 0 Å². The monoisotopic (exact) mass is 299 g/mol. The number of phenols is 1. The van der Waals surface area contributed by atoms with E-state index in [0.29, 0.717) is 12.1 Å². The topological polar surface area (TPSA) is 49.3 Å². The lowest BCUT2D eigenvalue weighted by atomic mass is 10.1. The summed E-state index contributed by atoms with van der Waals surface area (Å²) in [6, 6.07) is 7.37. The molecular weight excluding hydrogens is 290 g/mol. The van der Waals surface area contributed by atoms with Gasteiger partial charge in [0.15, 0.2) is 0 Å². The summed E-state index contributed by atoms with van der Waals surface area (Å²) in [6.07, 6.45) is -4.88.